The fourth-order valence-electron chi connectivity index (χ4n) is 5.90. The van der Waals surface area contributed by atoms with Gasteiger partial charge in [0.2, 0.25) is 0 Å². The first-order valence-electron chi connectivity index (χ1n) is 16.7. The average Bonchev–Trinajstić information content (AvgIpc) is 3.60. The van der Waals surface area contributed by atoms with Crippen LogP contribution in [0.3, 0.4) is 0 Å². The third-order valence-corrected chi connectivity index (χ3v) is 12.4. The van der Waals surface area contributed by atoms with Crippen LogP contribution < -0.4 is 128 Å². The van der Waals surface area contributed by atoms with Gasteiger partial charge in [0.1, 0.15) is 40.5 Å². The van der Waals surface area contributed by atoms with E-state index in [2.05, 4.69) is 30.7 Å². The second-order valence-electron chi connectivity index (χ2n) is 13.1. The molecule has 2 heterocycles. The molecule has 314 valence electrons. The maximum atomic E-state index is 13.2. The Balaban J connectivity index is 0.00000352. The van der Waals surface area contributed by atoms with Gasteiger partial charge in [-0.1, -0.05) is 0 Å². The molecule has 0 saturated heterocycles. The molecule has 0 aliphatic carbocycles. The Kier molecular flexibility index (Phi) is 19.9. The summed E-state index contributed by atoms with van der Waals surface area (Å²) in [6.45, 7) is 5.62. The van der Waals surface area contributed by atoms with Crippen LogP contribution in [0.4, 0.5) is 22.7 Å². The number of azo groups is 2. The standard InChI is InChI=1S/C34H30N8O14S4.4Na/c1-17-13-25(29(59(51,52)53)15-27(17)35-37-31-19(3)39-41(33(31)43)21-5-9-23(10-6-21)57(45,46)47)26-14-18(2)28(16-30(26)60(54,55)56)36-38-32-20(4)40-42(34(32)44)22-7-11-24(12-8-22)58(48,49)50;;;;/h5-16,31-32H,1-4H3,(H,45,46,47)(H,48,49,50)(H,51,52,53)(H,54,55,56);;;;/q;4*+1/p-4. The zero-order valence-corrected chi connectivity index (χ0v) is 46.3. The van der Waals surface area contributed by atoms with E-state index in [9.17, 15) is 61.5 Å². The predicted octanol–water partition coefficient (Wildman–Crippen LogP) is -8.65. The molecule has 2 amide bonds. The fourth-order valence-corrected chi connectivity index (χ4v) is 8.23. The second kappa shape index (κ2) is 22.0. The number of rotatable bonds is 11. The van der Waals surface area contributed by atoms with Crippen LogP contribution in [0.1, 0.15) is 25.0 Å². The molecule has 2 aliphatic rings. The molecular weight excluding hydrogens is 965 g/mol. The number of hydrazone groups is 2. The van der Waals surface area contributed by atoms with Crippen LogP contribution >= 0.6 is 0 Å². The van der Waals surface area contributed by atoms with Crippen molar-refractivity contribution in [2.45, 2.75) is 59.4 Å². The topological polar surface area (TPSA) is 344 Å². The quantitative estimate of drug-likeness (QED) is 0.0766. The maximum Gasteiger partial charge on any atom is 1.00 e. The summed E-state index contributed by atoms with van der Waals surface area (Å²) in [4.78, 5) is 23.3. The fraction of sp³-hybridized carbons (Fsp3) is 0.176. The van der Waals surface area contributed by atoms with Crippen LogP contribution in [-0.2, 0) is 50.1 Å². The summed E-state index contributed by atoms with van der Waals surface area (Å²) in [6, 6.07) is 9.55. The van der Waals surface area contributed by atoms with Crippen LogP contribution in [-0.4, -0.2) is 87.2 Å². The van der Waals surface area contributed by atoms with Gasteiger partial charge in [-0.25, -0.2) is 33.7 Å². The van der Waals surface area contributed by atoms with Crippen molar-refractivity contribution in [1.82, 2.24) is 0 Å². The molecule has 0 radical (unpaired) electrons. The van der Waals surface area contributed by atoms with Gasteiger partial charge in [0, 0.05) is 11.1 Å². The monoisotopic (exact) mass is 990 g/mol. The van der Waals surface area contributed by atoms with E-state index in [4.69, 9.17) is 0 Å². The van der Waals surface area contributed by atoms with Crippen molar-refractivity contribution >= 4 is 86.5 Å². The molecule has 0 spiro atoms. The van der Waals surface area contributed by atoms with Gasteiger partial charge >= 0.3 is 118 Å². The van der Waals surface area contributed by atoms with E-state index >= 15 is 0 Å². The summed E-state index contributed by atoms with van der Waals surface area (Å²) in [5.41, 5.74) is -0.914. The molecule has 4 aromatic carbocycles. The Morgan fingerprint density at radius 1 is 0.484 bits per heavy atom. The first-order valence-corrected chi connectivity index (χ1v) is 22.3. The summed E-state index contributed by atoms with van der Waals surface area (Å²) in [5, 5.41) is 25.9. The zero-order chi connectivity index (χ0) is 44.3. The van der Waals surface area contributed by atoms with Gasteiger partial charge in [0.05, 0.1) is 53.8 Å². The van der Waals surface area contributed by atoms with Gasteiger partial charge in [-0.15, -0.1) is 0 Å². The first kappa shape index (κ1) is 58.1. The Hall–Kier alpha value is -2.00. The molecule has 22 nitrogen and oxygen atoms in total. The van der Waals surface area contributed by atoms with Crippen molar-refractivity contribution in [3.8, 4) is 11.1 Å². The van der Waals surface area contributed by atoms with Crippen LogP contribution in [0.2, 0.25) is 0 Å². The van der Waals surface area contributed by atoms with Crippen molar-refractivity contribution in [1.29, 1.82) is 0 Å². The molecular formula is C34H26N8Na4O14S4. The van der Waals surface area contributed by atoms with E-state index in [1.54, 1.807) is 0 Å². The molecule has 30 heteroatoms. The number of hydrogen-bond acceptors (Lipinski definition) is 20. The van der Waals surface area contributed by atoms with Crippen LogP contribution in [0.5, 0.6) is 0 Å². The van der Waals surface area contributed by atoms with Gasteiger partial charge in [-0.05, 0) is 112 Å². The first-order chi connectivity index (χ1) is 27.8. The Bertz CT molecular complexity index is 2890. The van der Waals surface area contributed by atoms with Crippen LogP contribution in [0.25, 0.3) is 11.1 Å². The minimum atomic E-state index is -5.45. The zero-order valence-electron chi connectivity index (χ0n) is 35.0. The number of hydrogen-bond donors (Lipinski definition) is 0. The van der Waals surface area contributed by atoms with Gasteiger partial charge in [-0.2, -0.15) is 40.7 Å². The minimum absolute atomic E-state index is 0. The van der Waals surface area contributed by atoms with Crippen LogP contribution in [0.15, 0.2) is 123 Å². The van der Waals surface area contributed by atoms with Gasteiger partial charge < -0.3 is 18.2 Å². The molecule has 0 fully saturated rings. The number of nitrogens with zero attached hydrogens (tertiary/aromatic N) is 8. The van der Waals surface area contributed by atoms with Crippen LogP contribution in [0, 0.1) is 13.8 Å². The Morgan fingerprint density at radius 2 is 0.781 bits per heavy atom. The maximum absolute atomic E-state index is 13.2. The Morgan fingerprint density at radius 3 is 1.05 bits per heavy atom. The van der Waals surface area contributed by atoms with E-state index in [1.807, 2.05) is 0 Å². The summed E-state index contributed by atoms with van der Waals surface area (Å²) in [6.07, 6.45) is 0. The van der Waals surface area contributed by atoms with Crippen molar-refractivity contribution in [2.75, 3.05) is 10.0 Å². The largest absolute Gasteiger partial charge is 1.00 e. The number of carbonyl (C=O) groups excluding carboxylic acids is 2. The molecule has 2 aliphatic heterocycles. The summed E-state index contributed by atoms with van der Waals surface area (Å²) in [5.74, 6) is -1.53. The molecule has 2 atom stereocenters. The number of anilines is 2. The van der Waals surface area contributed by atoms with Crippen molar-refractivity contribution < 1.29 is 180 Å². The molecule has 6 rings (SSSR count). The van der Waals surface area contributed by atoms with Gasteiger partial charge in [0.25, 0.3) is 11.8 Å². The predicted molar refractivity (Wildman–Crippen MR) is 204 cm³/mol. The van der Waals surface area contributed by atoms with E-state index in [1.165, 1.54) is 52.0 Å². The number of benzene rings is 4. The van der Waals surface area contributed by atoms with Gasteiger partial charge in [0.15, 0.2) is 12.1 Å². The van der Waals surface area contributed by atoms with E-state index in [0.29, 0.717) is 0 Å². The van der Waals surface area contributed by atoms with E-state index in [0.717, 1.165) is 58.5 Å². The molecule has 2 unspecified atom stereocenters. The van der Waals surface area contributed by atoms with Crippen molar-refractivity contribution in [2.24, 2.45) is 30.7 Å². The molecule has 0 aromatic heterocycles. The third-order valence-electron chi connectivity index (χ3n) is 8.92. The SMILES string of the molecule is CC1=NN(c2ccc(S(=O)(=O)[O-])cc2)C(=O)C1N=Nc1cc(S(=O)(=O)[O-])c(-c2cc(C)c(N=NC3C(=O)N(c4ccc(S(=O)(=O)[O-])cc4)N=C3C)cc2S(=O)(=O)[O-])cc1C.[Na+].[Na+].[Na+].[Na+]. The number of amides is 2. The molecule has 0 N–H and O–H groups in total. The molecule has 0 saturated carbocycles. The molecule has 64 heavy (non-hydrogen) atoms. The number of aryl methyl sites for hydroxylation is 2. The third kappa shape index (κ3) is 12.7. The van der Waals surface area contributed by atoms with E-state index in [-0.39, 0.29) is 164 Å². The minimum Gasteiger partial charge on any atom is -0.744 e. The smallest absolute Gasteiger partial charge is 0.744 e. The summed E-state index contributed by atoms with van der Waals surface area (Å²) < 4.78 is 144. The Labute approximate surface area is 455 Å². The van der Waals surface area contributed by atoms with Crippen molar-refractivity contribution in [3.63, 3.8) is 0 Å². The summed E-state index contributed by atoms with van der Waals surface area (Å²) >= 11 is 0. The molecule has 4 aromatic rings. The van der Waals surface area contributed by atoms with Gasteiger partial charge in [-0.3, -0.25) is 9.59 Å². The van der Waals surface area contributed by atoms with E-state index < -0.39 is 95.1 Å². The van der Waals surface area contributed by atoms with Crippen molar-refractivity contribution in [3.05, 3.63) is 83.9 Å². The second-order valence-corrected chi connectivity index (χ2v) is 18.5. The summed E-state index contributed by atoms with van der Waals surface area (Å²) in [7, 11) is -20.4. The number of carbonyl (C=O) groups is 2. The molecule has 0 bridgehead atoms. The normalized spacial score (nSPS) is 16.8. The average molecular weight is 991 g/mol.